The Morgan fingerprint density at radius 3 is 2.33 bits per heavy atom. The third-order valence-electron chi connectivity index (χ3n) is 5.63. The zero-order valence-electron chi connectivity index (χ0n) is 17.0. The predicted molar refractivity (Wildman–Crippen MR) is 121 cm³/mol. The van der Waals surface area contributed by atoms with E-state index >= 15 is 0 Å². The smallest absolute Gasteiger partial charge is 0.322 e. The largest absolute Gasteiger partial charge is 0.368 e. The third kappa shape index (κ3) is 5.15. The van der Waals surface area contributed by atoms with E-state index in [0.717, 1.165) is 11.4 Å². The molecule has 0 aromatic heterocycles. The number of hydrogen-bond acceptors (Lipinski definition) is 5. The number of anilines is 1. The lowest BCUT2D eigenvalue weighted by Gasteiger charge is -2.38. The number of nitrogens with zero attached hydrogens (tertiary/aromatic N) is 2. The first-order chi connectivity index (χ1) is 14.2. The van der Waals surface area contributed by atoms with Gasteiger partial charge >= 0.3 is 6.03 Å². The molecule has 0 saturated carbocycles. The highest BCUT2D eigenvalue weighted by atomic mass is 35.5. The third-order valence-corrected chi connectivity index (χ3v) is 6.68. The maximum Gasteiger partial charge on any atom is 0.322 e. The van der Waals surface area contributed by atoms with Crippen LogP contribution in [0.4, 0.5) is 10.5 Å². The lowest BCUT2D eigenvalue weighted by atomic mass is 9.85. The van der Waals surface area contributed by atoms with E-state index in [1.165, 1.54) is 0 Å². The van der Waals surface area contributed by atoms with Crippen molar-refractivity contribution in [3.05, 3.63) is 28.2 Å². The van der Waals surface area contributed by atoms with Crippen molar-refractivity contribution >= 4 is 58.5 Å². The minimum Gasteiger partial charge on any atom is -0.368 e. The average molecular weight is 473 g/mol. The summed E-state index contributed by atoms with van der Waals surface area (Å²) in [6, 6.07) is 4.93. The van der Waals surface area contributed by atoms with E-state index in [1.807, 2.05) is 30.2 Å². The highest BCUT2D eigenvalue weighted by Gasteiger charge is 2.47. The molecule has 2 heterocycles. The molecule has 0 bridgehead atoms. The molecule has 0 unspecified atom stereocenters. The highest BCUT2D eigenvalue weighted by molar-refractivity contribution is 7.98. The zero-order valence-corrected chi connectivity index (χ0v) is 19.4. The molecule has 7 nitrogen and oxygen atoms in total. The minimum absolute atomic E-state index is 0.00347. The van der Waals surface area contributed by atoms with Crippen LogP contribution in [-0.4, -0.2) is 66.5 Å². The van der Waals surface area contributed by atoms with Crippen molar-refractivity contribution < 1.29 is 14.4 Å². The number of carbonyl (C=O) groups is 3. The van der Waals surface area contributed by atoms with Crippen molar-refractivity contribution in [3.8, 4) is 0 Å². The molecule has 1 aromatic carbocycles. The maximum absolute atomic E-state index is 13.1. The van der Waals surface area contributed by atoms with Crippen LogP contribution in [0, 0.1) is 5.92 Å². The number of imide groups is 1. The molecule has 3 rings (SSSR count). The van der Waals surface area contributed by atoms with Crippen molar-refractivity contribution in [1.82, 2.24) is 15.5 Å². The number of urea groups is 1. The van der Waals surface area contributed by atoms with Crippen molar-refractivity contribution in [1.29, 1.82) is 0 Å². The van der Waals surface area contributed by atoms with Gasteiger partial charge in [0.05, 0.1) is 0 Å². The number of benzene rings is 1. The Hall–Kier alpha value is -1.64. The average Bonchev–Trinajstić information content (AvgIpc) is 2.98. The summed E-state index contributed by atoms with van der Waals surface area (Å²) in [5.74, 6) is -0.0153. The predicted octanol–water partition coefficient (Wildman–Crippen LogP) is 3.00. The summed E-state index contributed by atoms with van der Waals surface area (Å²) >= 11 is 13.8. The van der Waals surface area contributed by atoms with E-state index in [1.54, 1.807) is 17.8 Å². The molecule has 0 spiro atoms. The molecule has 4 amide bonds. The summed E-state index contributed by atoms with van der Waals surface area (Å²) in [5.41, 5.74) is -0.0804. The van der Waals surface area contributed by atoms with Gasteiger partial charge in [-0.2, -0.15) is 11.8 Å². The molecule has 1 aromatic rings. The quantitative estimate of drug-likeness (QED) is 0.596. The molecule has 10 heteroatoms. The van der Waals surface area contributed by atoms with Gasteiger partial charge in [-0.25, -0.2) is 4.79 Å². The van der Waals surface area contributed by atoms with Gasteiger partial charge in [-0.05, 0) is 43.0 Å². The second kappa shape index (κ2) is 9.66. The fraction of sp³-hybridized carbons (Fsp3) is 0.550. The SMILES string of the molecule is CSCC[C@]1(C[C@H](C)C(=O)N2CCN(c3cc(Cl)cc(Cl)c3)CC2)NC(=O)NC1=O. The number of nitrogens with one attached hydrogen (secondary N) is 2. The topological polar surface area (TPSA) is 81.8 Å². The van der Waals surface area contributed by atoms with Crippen molar-refractivity contribution in [2.24, 2.45) is 5.92 Å². The Bertz CT molecular complexity index is 812. The van der Waals surface area contributed by atoms with Crippen molar-refractivity contribution in [2.45, 2.75) is 25.3 Å². The molecule has 2 atom stereocenters. The van der Waals surface area contributed by atoms with Gasteiger partial charge in [0.25, 0.3) is 5.91 Å². The van der Waals surface area contributed by atoms with Crippen LogP contribution in [0.25, 0.3) is 0 Å². The summed E-state index contributed by atoms with van der Waals surface area (Å²) in [7, 11) is 0. The van der Waals surface area contributed by atoms with Crippen LogP contribution in [0.1, 0.15) is 19.8 Å². The molecule has 2 aliphatic heterocycles. The van der Waals surface area contributed by atoms with Crippen LogP contribution in [0.5, 0.6) is 0 Å². The van der Waals surface area contributed by atoms with Gasteiger partial charge < -0.3 is 15.1 Å². The molecular formula is C20H26Cl2N4O3S. The summed E-state index contributed by atoms with van der Waals surface area (Å²) in [6.07, 6.45) is 2.73. The molecular weight excluding hydrogens is 447 g/mol. The van der Waals surface area contributed by atoms with E-state index in [4.69, 9.17) is 23.2 Å². The van der Waals surface area contributed by atoms with E-state index in [-0.39, 0.29) is 24.2 Å². The maximum atomic E-state index is 13.1. The van der Waals surface area contributed by atoms with Crippen molar-refractivity contribution in [3.63, 3.8) is 0 Å². The Morgan fingerprint density at radius 2 is 1.80 bits per heavy atom. The van der Waals surface area contributed by atoms with Gasteiger partial charge in [0.15, 0.2) is 0 Å². The Balaban J connectivity index is 1.61. The van der Waals surface area contributed by atoms with Crippen LogP contribution in [-0.2, 0) is 9.59 Å². The minimum atomic E-state index is -1.02. The molecule has 0 radical (unpaired) electrons. The van der Waals surface area contributed by atoms with Gasteiger partial charge in [0.2, 0.25) is 5.91 Å². The second-order valence-electron chi connectivity index (χ2n) is 7.78. The van der Waals surface area contributed by atoms with E-state index < -0.39 is 11.6 Å². The van der Waals surface area contributed by atoms with Crippen LogP contribution in [0.3, 0.4) is 0 Å². The number of hydrogen-bond donors (Lipinski definition) is 2. The lowest BCUT2D eigenvalue weighted by Crippen LogP contribution is -2.53. The van der Waals surface area contributed by atoms with E-state index in [0.29, 0.717) is 42.6 Å². The van der Waals surface area contributed by atoms with Crippen molar-refractivity contribution in [2.75, 3.05) is 43.1 Å². The van der Waals surface area contributed by atoms with E-state index in [9.17, 15) is 14.4 Å². The first-order valence-corrected chi connectivity index (χ1v) is 12.0. The zero-order chi connectivity index (χ0) is 21.9. The first kappa shape index (κ1) is 23.0. The van der Waals surface area contributed by atoms with Crippen LogP contribution < -0.4 is 15.5 Å². The normalized spacial score (nSPS) is 22.7. The Labute approximate surface area is 190 Å². The highest BCUT2D eigenvalue weighted by Crippen LogP contribution is 2.29. The number of halogens is 2. The molecule has 30 heavy (non-hydrogen) atoms. The molecule has 2 saturated heterocycles. The summed E-state index contributed by atoms with van der Waals surface area (Å²) in [5, 5.41) is 6.25. The van der Waals surface area contributed by atoms with Crippen LogP contribution >= 0.6 is 35.0 Å². The van der Waals surface area contributed by atoms with Gasteiger partial charge in [-0.3, -0.25) is 14.9 Å². The number of piperazine rings is 1. The van der Waals surface area contributed by atoms with Gasteiger partial charge in [0.1, 0.15) is 5.54 Å². The van der Waals surface area contributed by atoms with E-state index in [2.05, 4.69) is 15.5 Å². The molecule has 2 fully saturated rings. The summed E-state index contributed by atoms with van der Waals surface area (Å²) in [6.45, 7) is 4.31. The van der Waals surface area contributed by atoms with Gasteiger partial charge in [-0.15, -0.1) is 0 Å². The van der Waals surface area contributed by atoms with Gasteiger partial charge in [-0.1, -0.05) is 30.1 Å². The number of amides is 4. The lowest BCUT2D eigenvalue weighted by molar-refractivity contribution is -0.136. The molecule has 2 N–H and O–H groups in total. The Morgan fingerprint density at radius 1 is 1.17 bits per heavy atom. The summed E-state index contributed by atoms with van der Waals surface area (Å²) in [4.78, 5) is 41.2. The number of thioether (sulfide) groups is 1. The second-order valence-corrected chi connectivity index (χ2v) is 9.64. The molecule has 0 aliphatic carbocycles. The van der Waals surface area contributed by atoms with Crippen LogP contribution in [0.15, 0.2) is 18.2 Å². The fourth-order valence-electron chi connectivity index (χ4n) is 4.05. The molecule has 2 aliphatic rings. The molecule has 164 valence electrons. The standard InChI is InChI=1S/C20H26Cl2N4O3S/c1-13(12-20(3-8-30-2)18(28)23-19(29)24-20)17(27)26-6-4-25(5-7-26)16-10-14(21)9-15(22)11-16/h9-11,13H,3-8,12H2,1-2H3,(H2,23,24,28,29)/t13-,20+/m0/s1. The summed E-state index contributed by atoms with van der Waals surface area (Å²) < 4.78 is 0. The Kier molecular flexibility index (Phi) is 7.42. The monoisotopic (exact) mass is 472 g/mol. The van der Waals surface area contributed by atoms with Crippen LogP contribution in [0.2, 0.25) is 10.0 Å². The number of rotatable bonds is 7. The first-order valence-electron chi connectivity index (χ1n) is 9.86. The number of carbonyl (C=O) groups excluding carboxylic acids is 3. The van der Waals surface area contributed by atoms with Gasteiger partial charge in [0, 0.05) is 47.8 Å². The fourth-order valence-corrected chi connectivity index (χ4v) is 5.12.